The molecule has 1 amide bonds. The molecular weight excluding hydrogens is 322 g/mol. The molecule has 1 N–H and O–H groups in total. The average Bonchev–Trinajstić information content (AvgIpc) is 3.24. The number of hydrogen-bond donors (Lipinski definition) is 1. The van der Waals surface area contributed by atoms with Crippen LogP contribution in [0.15, 0.2) is 52.4 Å². The second-order valence-corrected chi connectivity index (χ2v) is 6.74. The van der Waals surface area contributed by atoms with Crippen LogP contribution in [0.3, 0.4) is 0 Å². The smallest absolute Gasteiger partial charge is 0.273 e. The number of rotatable bonds is 6. The summed E-state index contributed by atoms with van der Waals surface area (Å²) in [6.07, 6.45) is 0. The Morgan fingerprint density at radius 3 is 2.62 bits per heavy atom. The number of thiophene rings is 1. The highest BCUT2D eigenvalue weighted by atomic mass is 32.1. The first-order chi connectivity index (χ1) is 11.6. The van der Waals surface area contributed by atoms with E-state index in [1.54, 1.807) is 17.4 Å². The monoisotopic (exact) mass is 341 g/mol. The molecule has 0 atom stereocenters. The Morgan fingerprint density at radius 1 is 1.21 bits per heavy atom. The summed E-state index contributed by atoms with van der Waals surface area (Å²) in [5, 5.41) is 8.67. The van der Waals surface area contributed by atoms with E-state index in [2.05, 4.69) is 27.5 Å². The fourth-order valence-electron chi connectivity index (χ4n) is 2.32. The number of nitrogens with one attached hydrogen (secondary N) is 1. The molecule has 0 unspecified atom stereocenters. The van der Waals surface area contributed by atoms with E-state index in [-0.39, 0.29) is 5.91 Å². The summed E-state index contributed by atoms with van der Waals surface area (Å²) < 4.78 is 5.23. The van der Waals surface area contributed by atoms with Crippen molar-refractivity contribution >= 4 is 17.2 Å². The lowest BCUT2D eigenvalue weighted by molar-refractivity contribution is 0.0942. The van der Waals surface area contributed by atoms with Gasteiger partial charge >= 0.3 is 0 Å². The molecule has 5 nitrogen and oxygen atoms in total. The van der Waals surface area contributed by atoms with E-state index in [0.717, 1.165) is 17.0 Å². The number of amides is 1. The predicted molar refractivity (Wildman–Crippen MR) is 94.8 cm³/mol. The molecule has 6 heteroatoms. The molecule has 0 aliphatic rings. The summed E-state index contributed by atoms with van der Waals surface area (Å²) >= 11 is 1.55. The number of hydrogen-bond acceptors (Lipinski definition) is 5. The zero-order valence-corrected chi connectivity index (χ0v) is 14.5. The lowest BCUT2D eigenvalue weighted by atomic mass is 10.1. The predicted octanol–water partition coefficient (Wildman–Crippen LogP) is 3.39. The molecule has 0 fully saturated rings. The number of benzene rings is 1. The van der Waals surface area contributed by atoms with Crippen LogP contribution in [-0.4, -0.2) is 30.1 Å². The molecule has 0 radical (unpaired) electrons. The van der Waals surface area contributed by atoms with Gasteiger partial charge in [-0.3, -0.25) is 4.79 Å². The van der Waals surface area contributed by atoms with Crippen LogP contribution in [0.25, 0.3) is 10.6 Å². The van der Waals surface area contributed by atoms with Crippen LogP contribution in [-0.2, 0) is 13.1 Å². The normalized spacial score (nSPS) is 11.0. The number of carbonyl (C=O) groups is 1. The van der Waals surface area contributed by atoms with Crippen molar-refractivity contribution in [1.29, 1.82) is 0 Å². The van der Waals surface area contributed by atoms with Gasteiger partial charge in [0, 0.05) is 19.2 Å². The molecule has 0 spiro atoms. The summed E-state index contributed by atoms with van der Waals surface area (Å²) in [7, 11) is 4.08. The summed E-state index contributed by atoms with van der Waals surface area (Å²) in [5.41, 5.74) is 2.59. The summed E-state index contributed by atoms with van der Waals surface area (Å²) in [4.78, 5) is 15.3. The highest BCUT2D eigenvalue weighted by molar-refractivity contribution is 7.13. The summed E-state index contributed by atoms with van der Waals surface area (Å²) in [6.45, 7) is 1.36. The van der Waals surface area contributed by atoms with E-state index >= 15 is 0 Å². The maximum atomic E-state index is 12.2. The van der Waals surface area contributed by atoms with Gasteiger partial charge in [-0.1, -0.05) is 35.5 Å². The summed E-state index contributed by atoms with van der Waals surface area (Å²) in [6, 6.07) is 13.7. The highest BCUT2D eigenvalue weighted by Crippen LogP contribution is 2.25. The Balaban J connectivity index is 1.57. The van der Waals surface area contributed by atoms with E-state index in [0.29, 0.717) is 18.0 Å². The van der Waals surface area contributed by atoms with E-state index in [1.807, 2.05) is 43.7 Å². The van der Waals surface area contributed by atoms with Crippen molar-refractivity contribution in [2.75, 3.05) is 14.1 Å². The van der Waals surface area contributed by atoms with Crippen LogP contribution >= 0.6 is 11.3 Å². The quantitative estimate of drug-likeness (QED) is 0.746. The standard InChI is InChI=1S/C18H19N3O2S/c1-21(2)12-14-7-5-13(6-8-14)11-19-18(22)15-10-16(23-20-15)17-4-3-9-24-17/h3-10H,11-12H2,1-2H3,(H,19,22). The molecule has 24 heavy (non-hydrogen) atoms. The maximum absolute atomic E-state index is 12.2. The van der Waals surface area contributed by atoms with E-state index in [1.165, 1.54) is 5.56 Å². The van der Waals surface area contributed by atoms with Crippen LogP contribution in [0.5, 0.6) is 0 Å². The third-order valence-corrected chi connectivity index (χ3v) is 4.37. The lowest BCUT2D eigenvalue weighted by Gasteiger charge is -2.10. The number of carbonyl (C=O) groups excluding carboxylic acids is 1. The van der Waals surface area contributed by atoms with Crippen molar-refractivity contribution in [1.82, 2.24) is 15.4 Å². The Bertz CT molecular complexity index is 792. The molecule has 1 aromatic carbocycles. The van der Waals surface area contributed by atoms with Crippen molar-refractivity contribution in [2.24, 2.45) is 0 Å². The van der Waals surface area contributed by atoms with Gasteiger partial charge in [-0.05, 0) is 36.7 Å². The van der Waals surface area contributed by atoms with Crippen molar-refractivity contribution < 1.29 is 9.32 Å². The van der Waals surface area contributed by atoms with Gasteiger partial charge in [0.1, 0.15) is 0 Å². The average molecular weight is 341 g/mol. The minimum atomic E-state index is -0.237. The van der Waals surface area contributed by atoms with Crippen LogP contribution < -0.4 is 5.32 Å². The van der Waals surface area contributed by atoms with Crippen molar-refractivity contribution in [3.63, 3.8) is 0 Å². The molecule has 0 saturated carbocycles. The van der Waals surface area contributed by atoms with E-state index in [9.17, 15) is 4.79 Å². The van der Waals surface area contributed by atoms with Crippen molar-refractivity contribution in [3.8, 4) is 10.6 Å². The molecule has 0 bridgehead atoms. The first kappa shape index (κ1) is 16.4. The molecular formula is C18H19N3O2S. The topological polar surface area (TPSA) is 58.4 Å². The molecule has 2 aromatic heterocycles. The first-order valence-electron chi connectivity index (χ1n) is 7.63. The summed E-state index contributed by atoms with van der Waals surface area (Å²) in [5.74, 6) is 0.377. The second-order valence-electron chi connectivity index (χ2n) is 5.79. The molecule has 3 aromatic rings. The Hall–Kier alpha value is -2.44. The minimum absolute atomic E-state index is 0.237. The third kappa shape index (κ3) is 4.10. The molecule has 0 aliphatic carbocycles. The second kappa shape index (κ2) is 7.42. The SMILES string of the molecule is CN(C)Cc1ccc(CNC(=O)c2cc(-c3cccs3)on2)cc1. The highest BCUT2D eigenvalue weighted by Gasteiger charge is 2.13. The van der Waals surface area contributed by atoms with Gasteiger partial charge in [-0.2, -0.15) is 0 Å². The number of aromatic nitrogens is 1. The van der Waals surface area contributed by atoms with Gasteiger partial charge in [-0.25, -0.2) is 0 Å². The fraction of sp³-hybridized carbons (Fsp3) is 0.222. The van der Waals surface area contributed by atoms with Gasteiger partial charge in [0.15, 0.2) is 11.5 Å². The largest absolute Gasteiger partial charge is 0.355 e. The van der Waals surface area contributed by atoms with Crippen LogP contribution in [0.4, 0.5) is 0 Å². The van der Waals surface area contributed by atoms with Crippen LogP contribution in [0.2, 0.25) is 0 Å². The minimum Gasteiger partial charge on any atom is -0.355 e. The Kier molecular flexibility index (Phi) is 5.08. The molecule has 124 valence electrons. The Labute approximate surface area is 144 Å². The van der Waals surface area contributed by atoms with Gasteiger partial charge < -0.3 is 14.7 Å². The van der Waals surface area contributed by atoms with Crippen LogP contribution in [0, 0.1) is 0 Å². The van der Waals surface area contributed by atoms with E-state index < -0.39 is 0 Å². The zero-order chi connectivity index (χ0) is 16.9. The molecule has 0 saturated heterocycles. The Morgan fingerprint density at radius 2 is 1.96 bits per heavy atom. The fourth-order valence-corrected chi connectivity index (χ4v) is 2.99. The molecule has 2 heterocycles. The zero-order valence-electron chi connectivity index (χ0n) is 13.7. The van der Waals surface area contributed by atoms with Gasteiger partial charge in [0.25, 0.3) is 5.91 Å². The van der Waals surface area contributed by atoms with Gasteiger partial charge in [-0.15, -0.1) is 11.3 Å². The third-order valence-electron chi connectivity index (χ3n) is 3.48. The molecule has 0 aliphatic heterocycles. The lowest BCUT2D eigenvalue weighted by Crippen LogP contribution is -2.23. The maximum Gasteiger partial charge on any atom is 0.273 e. The molecule has 3 rings (SSSR count). The van der Waals surface area contributed by atoms with Crippen molar-refractivity contribution in [2.45, 2.75) is 13.1 Å². The van der Waals surface area contributed by atoms with Gasteiger partial charge in [0.05, 0.1) is 4.88 Å². The van der Waals surface area contributed by atoms with E-state index in [4.69, 9.17) is 4.52 Å². The number of nitrogens with zero attached hydrogens (tertiary/aromatic N) is 2. The van der Waals surface area contributed by atoms with Crippen LogP contribution in [0.1, 0.15) is 21.6 Å². The van der Waals surface area contributed by atoms with Gasteiger partial charge in [0.2, 0.25) is 0 Å². The van der Waals surface area contributed by atoms with Crippen molar-refractivity contribution in [3.05, 3.63) is 64.7 Å². The first-order valence-corrected chi connectivity index (χ1v) is 8.51.